The number of nitrogens with zero attached hydrogens (tertiary/aromatic N) is 2. The highest BCUT2D eigenvalue weighted by Gasteiger charge is 2.34. The van der Waals surface area contributed by atoms with E-state index in [-0.39, 0.29) is 35.5 Å². The second kappa shape index (κ2) is 14.7. The molecule has 2 amide bonds. The number of halogens is 1. The van der Waals surface area contributed by atoms with E-state index in [1.54, 1.807) is 0 Å². The van der Waals surface area contributed by atoms with Crippen molar-refractivity contribution in [3.05, 3.63) is 126 Å². The van der Waals surface area contributed by atoms with Crippen LogP contribution in [0.5, 0.6) is 5.75 Å². The molecule has 0 bridgehead atoms. The first-order valence-corrected chi connectivity index (χ1v) is 15.6. The molecule has 8 nitrogen and oxygen atoms in total. The van der Waals surface area contributed by atoms with E-state index in [1.807, 2.05) is 74.5 Å². The third-order valence-electron chi connectivity index (χ3n) is 6.94. The molecule has 4 rings (SSSR count). The summed E-state index contributed by atoms with van der Waals surface area (Å²) in [6.45, 7) is 3.09. The molecule has 44 heavy (non-hydrogen) atoms. The van der Waals surface area contributed by atoms with E-state index < -0.39 is 34.3 Å². The normalized spacial score (nSPS) is 11.9. The Morgan fingerprint density at radius 3 is 1.93 bits per heavy atom. The molecule has 0 saturated carbocycles. The van der Waals surface area contributed by atoms with Gasteiger partial charge in [0.15, 0.2) is 0 Å². The van der Waals surface area contributed by atoms with Crippen molar-refractivity contribution in [1.29, 1.82) is 0 Å². The van der Waals surface area contributed by atoms with Gasteiger partial charge in [0.05, 0.1) is 17.7 Å². The Balaban J connectivity index is 1.78. The molecule has 0 fully saturated rings. The van der Waals surface area contributed by atoms with Gasteiger partial charge in [0, 0.05) is 19.0 Å². The molecule has 230 valence electrons. The highest BCUT2D eigenvalue weighted by molar-refractivity contribution is 7.92. The van der Waals surface area contributed by atoms with Crippen LogP contribution >= 0.6 is 0 Å². The number of nitrogens with one attached hydrogen (secondary N) is 1. The Kier molecular flexibility index (Phi) is 10.7. The van der Waals surface area contributed by atoms with Crippen LogP contribution in [0.1, 0.15) is 25.0 Å². The van der Waals surface area contributed by atoms with Gasteiger partial charge < -0.3 is 15.0 Å². The van der Waals surface area contributed by atoms with Crippen molar-refractivity contribution in [3.8, 4) is 5.75 Å². The first-order valence-electron chi connectivity index (χ1n) is 14.2. The Bertz CT molecular complexity index is 1630. The van der Waals surface area contributed by atoms with Gasteiger partial charge in [-0.15, -0.1) is 0 Å². The molecule has 0 spiro atoms. The molecule has 10 heteroatoms. The minimum absolute atomic E-state index is 0.0581. The van der Waals surface area contributed by atoms with E-state index in [4.69, 9.17) is 4.74 Å². The quantitative estimate of drug-likeness (QED) is 0.223. The predicted molar refractivity (Wildman–Crippen MR) is 168 cm³/mol. The van der Waals surface area contributed by atoms with Gasteiger partial charge in [-0.05, 0) is 73.5 Å². The lowest BCUT2D eigenvalue weighted by Crippen LogP contribution is -2.54. The van der Waals surface area contributed by atoms with E-state index >= 15 is 0 Å². The molecule has 0 aromatic heterocycles. The van der Waals surface area contributed by atoms with Crippen molar-refractivity contribution in [1.82, 2.24) is 10.2 Å². The molecule has 0 heterocycles. The third kappa shape index (κ3) is 8.23. The van der Waals surface area contributed by atoms with Crippen LogP contribution in [0, 0.1) is 5.82 Å². The number of ether oxygens (including phenoxy) is 1. The van der Waals surface area contributed by atoms with E-state index in [0.717, 1.165) is 27.6 Å². The van der Waals surface area contributed by atoms with E-state index in [9.17, 15) is 22.4 Å². The first kappa shape index (κ1) is 32.2. The average molecular weight is 618 g/mol. The molecule has 1 atom stereocenters. The highest BCUT2D eigenvalue weighted by atomic mass is 32.2. The maximum atomic E-state index is 14.3. The Labute approximate surface area is 258 Å². The first-order chi connectivity index (χ1) is 21.1. The number of hydrogen-bond acceptors (Lipinski definition) is 5. The van der Waals surface area contributed by atoms with E-state index in [0.29, 0.717) is 5.75 Å². The lowest BCUT2D eigenvalue weighted by Gasteiger charge is -2.34. The molecule has 1 unspecified atom stereocenters. The number of benzene rings is 4. The van der Waals surface area contributed by atoms with Crippen molar-refractivity contribution in [3.63, 3.8) is 0 Å². The largest absolute Gasteiger partial charge is 0.497 e. The van der Waals surface area contributed by atoms with Gasteiger partial charge in [0.25, 0.3) is 10.0 Å². The van der Waals surface area contributed by atoms with Gasteiger partial charge in [0.1, 0.15) is 24.2 Å². The van der Waals surface area contributed by atoms with Crippen LogP contribution in [0.2, 0.25) is 0 Å². The molecule has 0 aliphatic carbocycles. The summed E-state index contributed by atoms with van der Waals surface area (Å²) in [5, 5.41) is 2.92. The summed E-state index contributed by atoms with van der Waals surface area (Å²) in [5.41, 5.74) is 1.70. The summed E-state index contributed by atoms with van der Waals surface area (Å²) < 4.78 is 48.0. The number of hydrogen-bond donors (Lipinski definition) is 1. The Hall–Kier alpha value is -4.70. The number of methoxy groups -OCH3 is 1. The van der Waals surface area contributed by atoms with Crippen LogP contribution in [0.3, 0.4) is 0 Å². The number of carbonyl (C=O) groups is 2. The van der Waals surface area contributed by atoms with Crippen molar-refractivity contribution in [2.24, 2.45) is 0 Å². The molecular formula is C34H36FN3O5S. The van der Waals surface area contributed by atoms with Gasteiger partial charge >= 0.3 is 0 Å². The van der Waals surface area contributed by atoms with Crippen molar-refractivity contribution in [2.75, 3.05) is 18.0 Å². The molecule has 0 saturated heterocycles. The second-order valence-corrected chi connectivity index (χ2v) is 12.4. The maximum absolute atomic E-state index is 14.3. The smallest absolute Gasteiger partial charge is 0.264 e. The van der Waals surface area contributed by atoms with Gasteiger partial charge in [-0.25, -0.2) is 12.8 Å². The fourth-order valence-electron chi connectivity index (χ4n) is 4.73. The van der Waals surface area contributed by atoms with Gasteiger partial charge in [-0.3, -0.25) is 13.9 Å². The zero-order chi connectivity index (χ0) is 31.7. The summed E-state index contributed by atoms with van der Waals surface area (Å²) in [7, 11) is -2.84. The second-order valence-electron chi connectivity index (χ2n) is 10.5. The summed E-state index contributed by atoms with van der Waals surface area (Å²) in [6.07, 6.45) is 0.208. The number of sulfonamides is 1. The Morgan fingerprint density at radius 1 is 0.818 bits per heavy atom. The Morgan fingerprint density at radius 2 is 1.39 bits per heavy atom. The SMILES string of the molecule is COc1ccc(S(=O)(=O)N(CC(=O)N(Cc2ccccc2)C(Cc2ccccc2)C(=O)NC(C)C)c2ccc(F)cc2)cc1. The van der Waals surface area contributed by atoms with Crippen LogP contribution in [-0.2, 0) is 32.6 Å². The zero-order valence-corrected chi connectivity index (χ0v) is 25.7. The molecule has 4 aromatic rings. The lowest BCUT2D eigenvalue weighted by molar-refractivity contribution is -0.140. The topological polar surface area (TPSA) is 96.0 Å². The average Bonchev–Trinajstić information content (AvgIpc) is 3.02. The van der Waals surface area contributed by atoms with E-state index in [2.05, 4.69) is 5.32 Å². The fourth-order valence-corrected chi connectivity index (χ4v) is 6.14. The number of anilines is 1. The summed E-state index contributed by atoms with van der Waals surface area (Å²) in [5.74, 6) is -1.06. The zero-order valence-electron chi connectivity index (χ0n) is 24.9. The van der Waals surface area contributed by atoms with Crippen LogP contribution in [0.25, 0.3) is 0 Å². The molecule has 0 aliphatic rings. The lowest BCUT2D eigenvalue weighted by atomic mass is 10.0. The number of amides is 2. The molecule has 4 aromatic carbocycles. The van der Waals surface area contributed by atoms with Crippen molar-refractivity contribution < 1.29 is 27.1 Å². The van der Waals surface area contributed by atoms with Crippen LogP contribution in [0.15, 0.2) is 114 Å². The van der Waals surface area contributed by atoms with Crippen molar-refractivity contribution in [2.45, 2.75) is 43.8 Å². The molecular weight excluding hydrogens is 581 g/mol. The monoisotopic (exact) mass is 617 g/mol. The fraction of sp³-hybridized carbons (Fsp3) is 0.235. The van der Waals surface area contributed by atoms with Gasteiger partial charge in [-0.2, -0.15) is 0 Å². The standard InChI is InChI=1S/C34H36FN3O5S/c1-25(2)36-34(40)32(22-26-10-6-4-7-11-26)37(23-27-12-8-5-9-13-27)33(39)24-38(29-16-14-28(35)15-17-29)44(41,42)31-20-18-30(43-3)19-21-31/h4-21,25,32H,22-24H2,1-3H3,(H,36,40). The minimum atomic E-state index is -4.31. The molecule has 0 radical (unpaired) electrons. The number of carbonyl (C=O) groups excluding carboxylic acids is 2. The van der Waals surface area contributed by atoms with Crippen LogP contribution < -0.4 is 14.4 Å². The molecule has 1 N–H and O–H groups in total. The van der Waals surface area contributed by atoms with E-state index in [1.165, 1.54) is 48.4 Å². The summed E-state index contributed by atoms with van der Waals surface area (Å²) >= 11 is 0. The summed E-state index contributed by atoms with van der Waals surface area (Å²) in [6, 6.07) is 28.0. The minimum Gasteiger partial charge on any atom is -0.497 e. The molecule has 0 aliphatic heterocycles. The van der Waals surface area contributed by atoms with Crippen LogP contribution in [0.4, 0.5) is 10.1 Å². The van der Waals surface area contributed by atoms with Gasteiger partial charge in [0.2, 0.25) is 11.8 Å². The third-order valence-corrected chi connectivity index (χ3v) is 8.73. The highest BCUT2D eigenvalue weighted by Crippen LogP contribution is 2.26. The number of rotatable bonds is 13. The maximum Gasteiger partial charge on any atom is 0.264 e. The van der Waals surface area contributed by atoms with Crippen LogP contribution in [-0.4, -0.2) is 50.9 Å². The van der Waals surface area contributed by atoms with Crippen molar-refractivity contribution >= 4 is 27.5 Å². The summed E-state index contributed by atoms with van der Waals surface area (Å²) in [4.78, 5) is 29.4. The predicted octanol–water partition coefficient (Wildman–Crippen LogP) is 5.19. The van der Waals surface area contributed by atoms with Gasteiger partial charge in [-0.1, -0.05) is 60.7 Å².